The number of ether oxygens (including phenoxy) is 1. The fourth-order valence-corrected chi connectivity index (χ4v) is 3.79. The second-order valence-corrected chi connectivity index (χ2v) is 6.09. The van der Waals surface area contributed by atoms with Crippen molar-refractivity contribution in [2.24, 2.45) is 4.99 Å². The molecule has 2 rings (SSSR count). The SMILES string of the molecule is O=C=NC1COCCN1S(=O)(=O)c1ccccc1Cl. The topological polar surface area (TPSA) is 76.0 Å². The van der Waals surface area contributed by atoms with Crippen molar-refractivity contribution in [1.29, 1.82) is 0 Å². The van der Waals surface area contributed by atoms with E-state index in [1.54, 1.807) is 12.1 Å². The molecule has 1 aromatic carbocycles. The van der Waals surface area contributed by atoms with Crippen LogP contribution in [0.3, 0.4) is 0 Å². The third kappa shape index (κ3) is 2.86. The average molecular weight is 303 g/mol. The molecule has 1 aromatic rings. The molecule has 1 saturated heterocycles. The summed E-state index contributed by atoms with van der Waals surface area (Å²) in [7, 11) is -3.82. The Bertz CT molecular complexity index is 613. The number of benzene rings is 1. The van der Waals surface area contributed by atoms with Gasteiger partial charge >= 0.3 is 0 Å². The van der Waals surface area contributed by atoms with E-state index in [9.17, 15) is 13.2 Å². The van der Waals surface area contributed by atoms with Crippen LogP contribution >= 0.6 is 11.6 Å². The lowest BCUT2D eigenvalue weighted by Gasteiger charge is -2.31. The van der Waals surface area contributed by atoms with Crippen molar-refractivity contribution in [1.82, 2.24) is 4.31 Å². The molecule has 0 radical (unpaired) electrons. The summed E-state index contributed by atoms with van der Waals surface area (Å²) in [6.45, 7) is 0.386. The second kappa shape index (κ2) is 5.81. The van der Waals surface area contributed by atoms with E-state index in [1.807, 2.05) is 0 Å². The number of carbonyl (C=O) groups excluding carboxylic acids is 1. The predicted octanol–water partition coefficient (Wildman–Crippen LogP) is 1.02. The summed E-state index contributed by atoms with van der Waals surface area (Å²) in [4.78, 5) is 13.8. The highest BCUT2D eigenvalue weighted by molar-refractivity contribution is 7.89. The molecular formula is C11H11ClN2O4S. The van der Waals surface area contributed by atoms with E-state index in [1.165, 1.54) is 18.2 Å². The van der Waals surface area contributed by atoms with Crippen LogP contribution in [-0.4, -0.2) is 44.7 Å². The zero-order chi connectivity index (χ0) is 13.9. The van der Waals surface area contributed by atoms with Gasteiger partial charge in [-0.1, -0.05) is 23.7 Å². The van der Waals surface area contributed by atoms with Gasteiger partial charge in [0, 0.05) is 6.54 Å². The standard InChI is InChI=1S/C11H11ClN2O4S/c12-9-3-1-2-4-10(9)19(16,17)14-5-6-18-7-11(14)13-8-15/h1-4,11H,5-7H2. The van der Waals surface area contributed by atoms with Crippen LogP contribution in [0, 0.1) is 0 Å². The fourth-order valence-electron chi connectivity index (χ4n) is 1.80. The Hall–Kier alpha value is -1.24. The number of sulfonamides is 1. The zero-order valence-corrected chi connectivity index (χ0v) is 11.4. The van der Waals surface area contributed by atoms with E-state index in [0.29, 0.717) is 0 Å². The summed E-state index contributed by atoms with van der Waals surface area (Å²) < 4.78 is 31.2. The predicted molar refractivity (Wildman–Crippen MR) is 68.1 cm³/mol. The van der Waals surface area contributed by atoms with Crippen LogP contribution in [0.25, 0.3) is 0 Å². The molecular weight excluding hydrogens is 292 g/mol. The summed E-state index contributed by atoms with van der Waals surface area (Å²) in [5, 5.41) is 0.128. The van der Waals surface area contributed by atoms with Crippen LogP contribution in [0.5, 0.6) is 0 Å². The molecule has 0 aromatic heterocycles. The maximum absolute atomic E-state index is 12.5. The molecule has 0 spiro atoms. The number of halogens is 1. The third-order valence-electron chi connectivity index (χ3n) is 2.68. The Morgan fingerprint density at radius 2 is 2.16 bits per heavy atom. The Balaban J connectivity index is 2.43. The van der Waals surface area contributed by atoms with Gasteiger partial charge in [0.2, 0.25) is 16.1 Å². The second-order valence-electron chi connectivity index (χ2n) is 3.82. The van der Waals surface area contributed by atoms with Gasteiger partial charge in [0.15, 0.2) is 6.17 Å². The Kier molecular flexibility index (Phi) is 4.34. The highest BCUT2D eigenvalue weighted by Crippen LogP contribution is 2.26. The minimum absolute atomic E-state index is 0.00957. The molecule has 0 amide bonds. The number of isocyanates is 1. The van der Waals surface area contributed by atoms with Crippen LogP contribution in [0.1, 0.15) is 0 Å². The molecule has 0 N–H and O–H groups in total. The molecule has 1 fully saturated rings. The van der Waals surface area contributed by atoms with Gasteiger partial charge in [-0.25, -0.2) is 13.2 Å². The van der Waals surface area contributed by atoms with E-state index >= 15 is 0 Å². The van der Waals surface area contributed by atoms with Gasteiger partial charge < -0.3 is 4.74 Å². The Labute approximate surface area is 115 Å². The van der Waals surface area contributed by atoms with E-state index in [0.717, 1.165) is 4.31 Å². The highest BCUT2D eigenvalue weighted by Gasteiger charge is 2.35. The minimum Gasteiger partial charge on any atom is -0.376 e. The van der Waals surface area contributed by atoms with Gasteiger partial charge in [-0.15, -0.1) is 0 Å². The Morgan fingerprint density at radius 1 is 1.42 bits per heavy atom. The number of nitrogens with zero attached hydrogens (tertiary/aromatic N) is 2. The lowest BCUT2D eigenvalue weighted by molar-refractivity contribution is 0.0359. The first-order valence-electron chi connectivity index (χ1n) is 5.48. The normalized spacial score (nSPS) is 20.8. The number of aliphatic imine (C=N–C) groups is 1. The van der Waals surface area contributed by atoms with Crippen molar-refractivity contribution in [3.8, 4) is 0 Å². The molecule has 6 nitrogen and oxygen atoms in total. The van der Waals surface area contributed by atoms with Crippen LogP contribution in [0.15, 0.2) is 34.2 Å². The van der Waals surface area contributed by atoms with Crippen molar-refractivity contribution in [2.75, 3.05) is 19.8 Å². The maximum Gasteiger partial charge on any atom is 0.246 e. The van der Waals surface area contributed by atoms with Crippen molar-refractivity contribution in [3.63, 3.8) is 0 Å². The first-order chi connectivity index (χ1) is 9.07. The molecule has 1 aliphatic heterocycles. The molecule has 1 aliphatic rings. The molecule has 1 atom stereocenters. The molecule has 102 valence electrons. The smallest absolute Gasteiger partial charge is 0.246 e. The van der Waals surface area contributed by atoms with Gasteiger partial charge in [-0.3, -0.25) is 0 Å². The number of hydrogen-bond donors (Lipinski definition) is 0. The van der Waals surface area contributed by atoms with Crippen LogP contribution in [-0.2, 0) is 19.6 Å². The summed E-state index contributed by atoms with van der Waals surface area (Å²) in [6, 6.07) is 6.13. The molecule has 0 bridgehead atoms. The Morgan fingerprint density at radius 3 is 2.84 bits per heavy atom. The first-order valence-corrected chi connectivity index (χ1v) is 7.30. The number of hydrogen-bond acceptors (Lipinski definition) is 5. The van der Waals surface area contributed by atoms with Gasteiger partial charge in [0.05, 0.1) is 18.2 Å². The van der Waals surface area contributed by atoms with Gasteiger partial charge in [0.1, 0.15) is 4.90 Å². The third-order valence-corrected chi connectivity index (χ3v) is 5.08. The van der Waals surface area contributed by atoms with Gasteiger partial charge in [0.25, 0.3) is 0 Å². The summed E-state index contributed by atoms with van der Waals surface area (Å²) >= 11 is 5.91. The highest BCUT2D eigenvalue weighted by atomic mass is 35.5. The summed E-state index contributed by atoms with van der Waals surface area (Å²) in [5.74, 6) is 0. The first kappa shape index (κ1) is 14.2. The van der Waals surface area contributed by atoms with E-state index in [2.05, 4.69) is 4.99 Å². The number of rotatable bonds is 3. The molecule has 8 heteroatoms. The van der Waals surface area contributed by atoms with E-state index in [4.69, 9.17) is 16.3 Å². The molecule has 0 aliphatic carbocycles. The van der Waals surface area contributed by atoms with Crippen LogP contribution in [0.4, 0.5) is 0 Å². The lowest BCUT2D eigenvalue weighted by atomic mass is 10.4. The minimum atomic E-state index is -3.82. The van der Waals surface area contributed by atoms with Crippen LogP contribution < -0.4 is 0 Å². The van der Waals surface area contributed by atoms with Crippen molar-refractivity contribution in [2.45, 2.75) is 11.1 Å². The molecule has 0 saturated carbocycles. The molecule has 19 heavy (non-hydrogen) atoms. The quantitative estimate of drug-likeness (QED) is 0.617. The zero-order valence-electron chi connectivity index (χ0n) is 9.82. The van der Waals surface area contributed by atoms with Crippen molar-refractivity contribution < 1.29 is 17.9 Å². The average Bonchev–Trinajstić information content (AvgIpc) is 2.40. The summed E-state index contributed by atoms with van der Waals surface area (Å²) in [6.07, 6.45) is 0.466. The largest absolute Gasteiger partial charge is 0.376 e. The maximum atomic E-state index is 12.5. The lowest BCUT2D eigenvalue weighted by Crippen LogP contribution is -2.47. The molecule has 1 unspecified atom stereocenters. The van der Waals surface area contributed by atoms with Crippen molar-refractivity contribution >= 4 is 27.7 Å². The van der Waals surface area contributed by atoms with E-state index < -0.39 is 16.2 Å². The number of morpholine rings is 1. The van der Waals surface area contributed by atoms with Crippen molar-refractivity contribution in [3.05, 3.63) is 29.3 Å². The van der Waals surface area contributed by atoms with Gasteiger partial charge in [-0.05, 0) is 12.1 Å². The molecule has 1 heterocycles. The van der Waals surface area contributed by atoms with Gasteiger partial charge in [-0.2, -0.15) is 9.30 Å². The van der Waals surface area contributed by atoms with Crippen LogP contribution in [0.2, 0.25) is 5.02 Å². The summed E-state index contributed by atoms with van der Waals surface area (Å²) in [5.41, 5.74) is 0. The fraction of sp³-hybridized carbons (Fsp3) is 0.364. The monoisotopic (exact) mass is 302 g/mol. The van der Waals surface area contributed by atoms with E-state index in [-0.39, 0.29) is 29.7 Å².